The van der Waals surface area contributed by atoms with E-state index in [0.717, 1.165) is 48.7 Å². The molecule has 44 heavy (non-hydrogen) atoms. The molecule has 3 aromatic rings. The number of methoxy groups -OCH3 is 2. The number of carbonyl (C=O) groups excluding carboxylic acids is 2. The number of allylic oxidation sites excluding steroid dienone is 1. The van der Waals surface area contributed by atoms with Crippen molar-refractivity contribution >= 4 is 23.1 Å². The summed E-state index contributed by atoms with van der Waals surface area (Å²) in [5, 5.41) is 3.64. The summed E-state index contributed by atoms with van der Waals surface area (Å²) >= 11 is 0. The van der Waals surface area contributed by atoms with Crippen LogP contribution in [0.1, 0.15) is 43.9 Å². The Morgan fingerprint density at radius 1 is 0.909 bits per heavy atom. The molecular weight excluding hydrogens is 552 g/mol. The fraction of sp³-hybridized carbons (Fsp3) is 0.389. The first kappa shape index (κ1) is 29.8. The topological polar surface area (TPSA) is 74.4 Å². The number of hydrogen-bond acceptors (Lipinski definition) is 7. The number of fused-ring (bicyclic) bond motifs is 1. The lowest BCUT2D eigenvalue weighted by Crippen LogP contribution is -2.51. The first-order chi connectivity index (χ1) is 21.3. The van der Waals surface area contributed by atoms with Crippen molar-refractivity contribution in [2.75, 3.05) is 57.2 Å². The number of Topliss-reactive ketones (excluding diaryl/α,β-unsaturated/α-hetero) is 1. The second-order valence-corrected chi connectivity index (χ2v) is 12.8. The van der Waals surface area contributed by atoms with E-state index in [2.05, 4.69) is 53.2 Å². The van der Waals surface area contributed by atoms with Crippen LogP contribution >= 0.6 is 0 Å². The van der Waals surface area contributed by atoms with Gasteiger partial charge < -0.3 is 24.6 Å². The molecule has 8 nitrogen and oxygen atoms in total. The summed E-state index contributed by atoms with van der Waals surface area (Å²) in [6, 6.07) is 23.7. The standard InChI is InChI=1S/C36H42N4O4/c1-36(2)21-29-34(31(41)22-36)35(27-15-14-26(43-3)20-32(27)44-4)40(30-13-9-8-12-28(30)37-29)24-33(42)39-18-16-38(17-19-39)23-25-10-6-5-7-11-25/h5-15,20,35,37H,16-19,21-24H2,1-4H3. The Kier molecular flexibility index (Phi) is 8.36. The van der Waals surface area contributed by atoms with Gasteiger partial charge in [-0.25, -0.2) is 0 Å². The highest BCUT2D eigenvalue weighted by Crippen LogP contribution is 2.50. The molecular formula is C36H42N4O4. The van der Waals surface area contributed by atoms with Crippen molar-refractivity contribution in [2.24, 2.45) is 5.41 Å². The van der Waals surface area contributed by atoms with Crippen molar-refractivity contribution in [1.29, 1.82) is 0 Å². The summed E-state index contributed by atoms with van der Waals surface area (Å²) < 4.78 is 11.4. The monoisotopic (exact) mass is 594 g/mol. The molecule has 1 fully saturated rings. The van der Waals surface area contributed by atoms with Gasteiger partial charge in [0, 0.05) is 62.0 Å². The van der Waals surface area contributed by atoms with Gasteiger partial charge in [-0.1, -0.05) is 56.3 Å². The molecule has 0 saturated carbocycles. The third kappa shape index (κ3) is 6.04. The molecule has 6 rings (SSSR count). The van der Waals surface area contributed by atoms with E-state index in [1.807, 2.05) is 53.4 Å². The van der Waals surface area contributed by atoms with Gasteiger partial charge in [-0.05, 0) is 41.7 Å². The highest BCUT2D eigenvalue weighted by molar-refractivity contribution is 6.02. The largest absolute Gasteiger partial charge is 0.497 e. The predicted octanol–water partition coefficient (Wildman–Crippen LogP) is 5.66. The fourth-order valence-electron chi connectivity index (χ4n) is 6.84. The molecule has 2 aliphatic heterocycles. The molecule has 1 atom stereocenters. The molecule has 3 aliphatic rings. The summed E-state index contributed by atoms with van der Waals surface area (Å²) in [6.07, 6.45) is 1.16. The maximum absolute atomic E-state index is 14.1. The quantitative estimate of drug-likeness (QED) is 0.378. The Morgan fingerprint density at radius 3 is 2.36 bits per heavy atom. The lowest BCUT2D eigenvalue weighted by atomic mass is 9.73. The summed E-state index contributed by atoms with van der Waals surface area (Å²) in [5.74, 6) is 1.42. The SMILES string of the molecule is COc1ccc(C2C3=C(CC(C)(C)CC3=O)Nc3ccccc3N2CC(=O)N2CCN(Cc3ccccc3)CC2)c(OC)c1. The second-order valence-electron chi connectivity index (χ2n) is 12.8. The highest BCUT2D eigenvalue weighted by Gasteiger charge is 2.43. The average molecular weight is 595 g/mol. The average Bonchev–Trinajstić information content (AvgIpc) is 3.15. The van der Waals surface area contributed by atoms with Gasteiger partial charge >= 0.3 is 0 Å². The lowest BCUT2D eigenvalue weighted by molar-refractivity contribution is -0.131. The van der Waals surface area contributed by atoms with E-state index in [1.54, 1.807) is 14.2 Å². The van der Waals surface area contributed by atoms with Gasteiger partial charge in [-0.2, -0.15) is 0 Å². The van der Waals surface area contributed by atoms with Crippen molar-refractivity contribution < 1.29 is 19.1 Å². The van der Waals surface area contributed by atoms with Crippen LogP contribution in [0.25, 0.3) is 0 Å². The maximum Gasteiger partial charge on any atom is 0.242 e. The van der Waals surface area contributed by atoms with E-state index < -0.39 is 6.04 Å². The van der Waals surface area contributed by atoms with Crippen molar-refractivity contribution in [3.05, 3.63) is 95.2 Å². The summed E-state index contributed by atoms with van der Waals surface area (Å²) in [7, 11) is 3.25. The minimum Gasteiger partial charge on any atom is -0.497 e. The van der Waals surface area contributed by atoms with Gasteiger partial charge in [0.1, 0.15) is 11.5 Å². The van der Waals surface area contributed by atoms with Crippen LogP contribution in [0.15, 0.2) is 84.1 Å². The smallest absolute Gasteiger partial charge is 0.242 e. The van der Waals surface area contributed by atoms with Crippen LogP contribution < -0.4 is 19.7 Å². The number of carbonyl (C=O) groups is 2. The molecule has 8 heteroatoms. The van der Waals surface area contributed by atoms with Crippen LogP contribution in [0.4, 0.5) is 11.4 Å². The minimum atomic E-state index is -0.520. The summed E-state index contributed by atoms with van der Waals surface area (Å²) in [6.45, 7) is 8.24. The van der Waals surface area contributed by atoms with Crippen molar-refractivity contribution in [3.8, 4) is 11.5 Å². The number of nitrogens with one attached hydrogen (secondary N) is 1. The number of ether oxygens (including phenoxy) is 2. The maximum atomic E-state index is 14.1. The number of piperazine rings is 1. The number of rotatable bonds is 7. The number of benzene rings is 3. The number of para-hydroxylation sites is 2. The molecule has 1 aliphatic carbocycles. The lowest BCUT2D eigenvalue weighted by Gasteiger charge is -2.40. The van der Waals surface area contributed by atoms with Crippen molar-refractivity contribution in [2.45, 2.75) is 39.3 Å². The van der Waals surface area contributed by atoms with E-state index >= 15 is 0 Å². The predicted molar refractivity (Wildman–Crippen MR) is 173 cm³/mol. The Labute approximate surface area is 260 Å². The van der Waals surface area contributed by atoms with Crippen LogP contribution in [0, 0.1) is 5.41 Å². The van der Waals surface area contributed by atoms with E-state index in [9.17, 15) is 9.59 Å². The van der Waals surface area contributed by atoms with Crippen LogP contribution in [0.5, 0.6) is 11.5 Å². The van der Waals surface area contributed by atoms with E-state index in [4.69, 9.17) is 9.47 Å². The zero-order valence-electron chi connectivity index (χ0n) is 26.1. The van der Waals surface area contributed by atoms with E-state index in [1.165, 1.54) is 5.56 Å². The Morgan fingerprint density at radius 2 is 1.64 bits per heavy atom. The highest BCUT2D eigenvalue weighted by atomic mass is 16.5. The first-order valence-corrected chi connectivity index (χ1v) is 15.4. The minimum absolute atomic E-state index is 0.0456. The Balaban J connectivity index is 1.36. The van der Waals surface area contributed by atoms with Crippen LogP contribution in [-0.2, 0) is 16.1 Å². The van der Waals surface area contributed by atoms with Crippen LogP contribution in [0.2, 0.25) is 0 Å². The normalized spacial score (nSPS) is 19.9. The molecule has 0 spiro atoms. The van der Waals surface area contributed by atoms with Crippen molar-refractivity contribution in [1.82, 2.24) is 9.80 Å². The van der Waals surface area contributed by atoms with Crippen molar-refractivity contribution in [3.63, 3.8) is 0 Å². The third-order valence-corrected chi connectivity index (χ3v) is 9.02. The van der Waals surface area contributed by atoms with E-state index in [-0.39, 0.29) is 23.7 Å². The molecule has 1 saturated heterocycles. The number of amides is 1. The first-order valence-electron chi connectivity index (χ1n) is 15.4. The van der Waals surface area contributed by atoms with Crippen LogP contribution in [-0.4, -0.2) is 68.4 Å². The molecule has 3 aromatic carbocycles. The van der Waals surface area contributed by atoms with Gasteiger partial charge in [-0.3, -0.25) is 14.5 Å². The number of ketones is 1. The molecule has 1 N–H and O–H groups in total. The van der Waals surface area contributed by atoms with Crippen LogP contribution in [0.3, 0.4) is 0 Å². The molecule has 0 radical (unpaired) electrons. The summed E-state index contributed by atoms with van der Waals surface area (Å²) in [5.41, 5.74) is 5.30. The third-order valence-electron chi connectivity index (χ3n) is 9.02. The van der Waals surface area contributed by atoms with Gasteiger partial charge in [0.2, 0.25) is 5.91 Å². The van der Waals surface area contributed by atoms with Gasteiger partial charge in [-0.15, -0.1) is 0 Å². The summed E-state index contributed by atoms with van der Waals surface area (Å²) in [4.78, 5) is 34.7. The van der Waals surface area contributed by atoms with Gasteiger partial charge in [0.05, 0.1) is 38.2 Å². The zero-order chi connectivity index (χ0) is 30.8. The number of nitrogens with zero attached hydrogens (tertiary/aromatic N) is 3. The number of hydrogen-bond donors (Lipinski definition) is 1. The molecule has 2 heterocycles. The molecule has 1 amide bonds. The fourth-order valence-corrected chi connectivity index (χ4v) is 6.84. The van der Waals surface area contributed by atoms with Gasteiger partial charge in [0.15, 0.2) is 5.78 Å². The number of anilines is 2. The zero-order valence-corrected chi connectivity index (χ0v) is 26.1. The molecule has 0 aromatic heterocycles. The van der Waals surface area contributed by atoms with Gasteiger partial charge in [0.25, 0.3) is 0 Å². The molecule has 0 bridgehead atoms. The Hall–Kier alpha value is -4.30. The van der Waals surface area contributed by atoms with E-state index in [0.29, 0.717) is 36.6 Å². The molecule has 1 unspecified atom stereocenters. The molecule has 230 valence electrons. The Bertz CT molecular complexity index is 1560. The second kappa shape index (κ2) is 12.4.